The molecule has 1 heterocycles. The largest absolute Gasteiger partial charge is 0.341 e. The van der Waals surface area contributed by atoms with Gasteiger partial charge >= 0.3 is 5.00 Å². The van der Waals surface area contributed by atoms with E-state index < -0.39 is 4.92 Å². The van der Waals surface area contributed by atoms with Gasteiger partial charge in [0.05, 0.1) is 10.5 Å². The van der Waals surface area contributed by atoms with Crippen molar-refractivity contribution >= 4 is 22.2 Å². The Balaban J connectivity index is 2.77. The molecule has 0 fully saturated rings. The molecule has 2 N–H and O–H groups in total. The number of nitro groups is 1. The molecule has 0 aliphatic carbocycles. The van der Waals surface area contributed by atoms with Gasteiger partial charge in [-0.2, -0.15) is 0 Å². The third kappa shape index (κ3) is 3.51. The van der Waals surface area contributed by atoms with E-state index in [1.165, 1.54) is 11.4 Å². The van der Waals surface area contributed by atoms with Crippen molar-refractivity contribution in [2.24, 2.45) is 11.1 Å². The molecule has 0 aromatic carbocycles. The minimum Gasteiger partial charge on any atom is -0.341 e. The van der Waals surface area contributed by atoms with Crippen molar-refractivity contribution in [3.63, 3.8) is 0 Å². The first-order valence-electron chi connectivity index (χ1n) is 5.45. The maximum Gasteiger partial charge on any atom is 0.324 e. The molecule has 0 bridgehead atoms. The SMILES string of the molecule is CN(CC(C)(C)CN)C(=O)c1csc([N+](=O)[O-])c1. The summed E-state index contributed by atoms with van der Waals surface area (Å²) in [5.74, 6) is -0.221. The van der Waals surface area contributed by atoms with Crippen LogP contribution in [0.15, 0.2) is 11.4 Å². The van der Waals surface area contributed by atoms with E-state index in [4.69, 9.17) is 5.73 Å². The summed E-state index contributed by atoms with van der Waals surface area (Å²) in [6.07, 6.45) is 0. The predicted molar refractivity (Wildman–Crippen MR) is 70.8 cm³/mol. The average Bonchev–Trinajstić information content (AvgIpc) is 2.76. The maximum absolute atomic E-state index is 12.0. The zero-order valence-corrected chi connectivity index (χ0v) is 11.5. The first-order valence-corrected chi connectivity index (χ1v) is 6.33. The number of thiophene rings is 1. The Morgan fingerprint density at radius 2 is 2.22 bits per heavy atom. The summed E-state index contributed by atoms with van der Waals surface area (Å²) in [7, 11) is 1.67. The van der Waals surface area contributed by atoms with E-state index in [2.05, 4.69) is 0 Å². The Labute approximate surface area is 110 Å². The number of rotatable bonds is 5. The Kier molecular flexibility index (Phi) is 4.42. The van der Waals surface area contributed by atoms with Crippen molar-refractivity contribution in [3.05, 3.63) is 27.1 Å². The molecular weight excluding hydrogens is 254 g/mol. The molecule has 7 heteroatoms. The Morgan fingerprint density at radius 3 is 2.67 bits per heavy atom. The fraction of sp³-hybridized carbons (Fsp3) is 0.545. The summed E-state index contributed by atoms with van der Waals surface area (Å²) < 4.78 is 0. The van der Waals surface area contributed by atoms with Crippen LogP contribution in [0.4, 0.5) is 5.00 Å². The second-order valence-corrected chi connectivity index (χ2v) is 5.85. The third-order valence-electron chi connectivity index (χ3n) is 2.58. The van der Waals surface area contributed by atoms with Crippen molar-refractivity contribution < 1.29 is 9.72 Å². The fourth-order valence-electron chi connectivity index (χ4n) is 1.53. The fourth-order valence-corrected chi connectivity index (χ4v) is 2.23. The van der Waals surface area contributed by atoms with Gasteiger partial charge in [0.1, 0.15) is 0 Å². The van der Waals surface area contributed by atoms with Gasteiger partial charge in [0, 0.05) is 25.0 Å². The van der Waals surface area contributed by atoms with E-state index in [1.54, 1.807) is 11.9 Å². The third-order valence-corrected chi connectivity index (χ3v) is 3.46. The van der Waals surface area contributed by atoms with Gasteiger partial charge in [-0.15, -0.1) is 0 Å². The highest BCUT2D eigenvalue weighted by atomic mass is 32.1. The summed E-state index contributed by atoms with van der Waals surface area (Å²) in [5.41, 5.74) is 5.79. The van der Waals surface area contributed by atoms with Crippen molar-refractivity contribution in [1.29, 1.82) is 0 Å². The zero-order chi connectivity index (χ0) is 13.9. The van der Waals surface area contributed by atoms with Crippen LogP contribution in [0.5, 0.6) is 0 Å². The lowest BCUT2D eigenvalue weighted by Gasteiger charge is -2.28. The van der Waals surface area contributed by atoms with Gasteiger partial charge in [0.2, 0.25) is 0 Å². The quantitative estimate of drug-likeness (QED) is 0.652. The van der Waals surface area contributed by atoms with Crippen LogP contribution in [-0.2, 0) is 0 Å². The second kappa shape index (κ2) is 5.45. The van der Waals surface area contributed by atoms with Gasteiger partial charge in [0.15, 0.2) is 0 Å². The minimum atomic E-state index is -0.495. The monoisotopic (exact) mass is 271 g/mol. The lowest BCUT2D eigenvalue weighted by molar-refractivity contribution is -0.380. The van der Waals surface area contributed by atoms with Crippen LogP contribution in [0.3, 0.4) is 0 Å². The molecule has 0 saturated carbocycles. The van der Waals surface area contributed by atoms with Gasteiger partial charge < -0.3 is 10.6 Å². The molecule has 100 valence electrons. The second-order valence-electron chi connectivity index (χ2n) is 4.96. The first kappa shape index (κ1) is 14.6. The Morgan fingerprint density at radius 1 is 1.61 bits per heavy atom. The van der Waals surface area contributed by atoms with E-state index in [9.17, 15) is 14.9 Å². The number of hydrogen-bond donors (Lipinski definition) is 1. The number of carbonyl (C=O) groups is 1. The van der Waals surface area contributed by atoms with E-state index in [1.807, 2.05) is 13.8 Å². The van der Waals surface area contributed by atoms with Crippen molar-refractivity contribution in [3.8, 4) is 0 Å². The molecule has 18 heavy (non-hydrogen) atoms. The summed E-state index contributed by atoms with van der Waals surface area (Å²) in [6.45, 7) is 4.90. The molecule has 1 aromatic rings. The zero-order valence-electron chi connectivity index (χ0n) is 10.7. The van der Waals surface area contributed by atoms with E-state index in [0.717, 1.165) is 11.3 Å². The van der Waals surface area contributed by atoms with Gasteiger partial charge in [-0.25, -0.2) is 0 Å². The Bertz CT molecular complexity index is 456. The number of nitrogens with zero attached hydrogens (tertiary/aromatic N) is 2. The molecule has 6 nitrogen and oxygen atoms in total. The summed E-state index contributed by atoms with van der Waals surface area (Å²) in [6, 6.07) is 1.30. The molecule has 0 radical (unpaired) electrons. The van der Waals surface area contributed by atoms with E-state index >= 15 is 0 Å². The molecule has 1 rings (SSSR count). The highest BCUT2D eigenvalue weighted by Gasteiger charge is 2.23. The van der Waals surface area contributed by atoms with E-state index in [0.29, 0.717) is 18.7 Å². The number of amides is 1. The van der Waals surface area contributed by atoms with Gasteiger partial charge in [-0.3, -0.25) is 14.9 Å². The molecular formula is C11H17N3O3S. The van der Waals surface area contributed by atoms with Crippen LogP contribution in [-0.4, -0.2) is 35.9 Å². The van der Waals surface area contributed by atoms with Gasteiger partial charge in [-0.1, -0.05) is 25.2 Å². The van der Waals surface area contributed by atoms with Crippen LogP contribution in [0, 0.1) is 15.5 Å². The van der Waals surface area contributed by atoms with Crippen molar-refractivity contribution in [1.82, 2.24) is 4.90 Å². The number of carbonyl (C=O) groups excluding carboxylic acids is 1. The molecule has 0 saturated heterocycles. The molecule has 1 amide bonds. The van der Waals surface area contributed by atoms with Crippen LogP contribution < -0.4 is 5.73 Å². The molecule has 0 unspecified atom stereocenters. The number of nitrogens with two attached hydrogens (primary N) is 1. The summed E-state index contributed by atoms with van der Waals surface area (Å²) in [4.78, 5) is 23.6. The molecule has 0 atom stereocenters. The van der Waals surface area contributed by atoms with Crippen molar-refractivity contribution in [2.45, 2.75) is 13.8 Å². The topological polar surface area (TPSA) is 89.5 Å². The molecule has 0 aliphatic heterocycles. The van der Waals surface area contributed by atoms with E-state index in [-0.39, 0.29) is 16.3 Å². The highest BCUT2D eigenvalue weighted by Crippen LogP contribution is 2.24. The summed E-state index contributed by atoms with van der Waals surface area (Å²) >= 11 is 0.956. The molecule has 1 aromatic heterocycles. The number of hydrogen-bond acceptors (Lipinski definition) is 5. The van der Waals surface area contributed by atoms with Gasteiger partial charge in [0.25, 0.3) is 5.91 Å². The normalized spacial score (nSPS) is 11.3. The predicted octanol–water partition coefficient (Wildman–Crippen LogP) is 1.71. The highest BCUT2D eigenvalue weighted by molar-refractivity contribution is 7.13. The standard InChI is InChI=1S/C11H17N3O3S/c1-11(2,6-12)7-13(3)10(15)8-4-9(14(16)17)18-5-8/h4-5H,6-7,12H2,1-3H3. The molecule has 0 spiro atoms. The van der Waals surface area contributed by atoms with Crippen molar-refractivity contribution in [2.75, 3.05) is 20.1 Å². The van der Waals surface area contributed by atoms with Crippen LogP contribution >= 0.6 is 11.3 Å². The van der Waals surface area contributed by atoms with Crippen LogP contribution in [0.25, 0.3) is 0 Å². The lowest BCUT2D eigenvalue weighted by Crippen LogP contribution is -2.39. The van der Waals surface area contributed by atoms with Crippen LogP contribution in [0.1, 0.15) is 24.2 Å². The average molecular weight is 271 g/mol. The smallest absolute Gasteiger partial charge is 0.324 e. The van der Waals surface area contributed by atoms with Gasteiger partial charge in [-0.05, 0) is 12.0 Å². The lowest BCUT2D eigenvalue weighted by atomic mass is 9.93. The summed E-state index contributed by atoms with van der Waals surface area (Å²) in [5, 5.41) is 12.0. The first-order chi connectivity index (χ1) is 8.26. The Hall–Kier alpha value is -1.47. The maximum atomic E-state index is 12.0. The molecule has 0 aliphatic rings. The van der Waals surface area contributed by atoms with Crippen LogP contribution in [0.2, 0.25) is 0 Å². The minimum absolute atomic E-state index is 0.0233.